The van der Waals surface area contributed by atoms with Crippen molar-refractivity contribution in [1.82, 2.24) is 0 Å². The van der Waals surface area contributed by atoms with Crippen molar-refractivity contribution in [3.8, 4) is 0 Å². The number of aliphatic hydroxyl groups excluding tert-OH is 1. The lowest BCUT2D eigenvalue weighted by Gasteiger charge is -2.13. The minimum absolute atomic E-state index is 0.0790. The zero-order chi connectivity index (χ0) is 11.3. The van der Waals surface area contributed by atoms with E-state index in [0.29, 0.717) is 6.42 Å². The maximum atomic E-state index is 10.4. The van der Waals surface area contributed by atoms with Gasteiger partial charge in [0.25, 0.3) is 5.69 Å². The maximum Gasteiger partial charge on any atom is 0.269 e. The number of rotatable bonds is 5. The number of aliphatic hydroxyl groups is 1. The standard InChI is InChI=1S/C10H14N2O3/c1-8(6-7-13)11-9-2-4-10(5-3-9)12(14)15/h2-5,8,11,13H,6-7H2,1H3. The van der Waals surface area contributed by atoms with Crippen LogP contribution in [0.15, 0.2) is 24.3 Å². The third-order valence-corrected chi connectivity index (χ3v) is 2.05. The van der Waals surface area contributed by atoms with E-state index in [9.17, 15) is 10.1 Å². The first-order valence-electron chi connectivity index (χ1n) is 4.75. The van der Waals surface area contributed by atoms with Crippen molar-refractivity contribution >= 4 is 11.4 Å². The molecule has 0 amide bonds. The van der Waals surface area contributed by atoms with Gasteiger partial charge in [0.15, 0.2) is 0 Å². The highest BCUT2D eigenvalue weighted by Gasteiger charge is 2.05. The highest BCUT2D eigenvalue weighted by atomic mass is 16.6. The lowest BCUT2D eigenvalue weighted by atomic mass is 10.2. The van der Waals surface area contributed by atoms with Crippen molar-refractivity contribution in [2.75, 3.05) is 11.9 Å². The van der Waals surface area contributed by atoms with Crippen molar-refractivity contribution in [3.05, 3.63) is 34.4 Å². The van der Waals surface area contributed by atoms with E-state index in [1.807, 2.05) is 6.92 Å². The molecule has 0 aliphatic carbocycles. The van der Waals surface area contributed by atoms with E-state index >= 15 is 0 Å². The van der Waals surface area contributed by atoms with Crippen LogP contribution < -0.4 is 5.32 Å². The largest absolute Gasteiger partial charge is 0.396 e. The number of hydrogen-bond acceptors (Lipinski definition) is 4. The first-order chi connectivity index (χ1) is 7.13. The van der Waals surface area contributed by atoms with Crippen LogP contribution in [0.5, 0.6) is 0 Å². The minimum Gasteiger partial charge on any atom is -0.396 e. The van der Waals surface area contributed by atoms with Gasteiger partial charge in [0.2, 0.25) is 0 Å². The normalized spacial score (nSPS) is 12.1. The van der Waals surface area contributed by atoms with E-state index in [1.165, 1.54) is 12.1 Å². The molecule has 0 spiro atoms. The van der Waals surface area contributed by atoms with Gasteiger partial charge in [0.05, 0.1) is 4.92 Å². The Morgan fingerprint density at radius 2 is 2.07 bits per heavy atom. The molecule has 1 rings (SSSR count). The Morgan fingerprint density at radius 1 is 1.47 bits per heavy atom. The molecule has 0 bridgehead atoms. The molecule has 1 atom stereocenters. The predicted octanol–water partition coefficient (Wildman–Crippen LogP) is 1.78. The van der Waals surface area contributed by atoms with Crippen molar-refractivity contribution in [2.24, 2.45) is 0 Å². The summed E-state index contributed by atoms with van der Waals surface area (Å²) in [6.07, 6.45) is 0.650. The third-order valence-electron chi connectivity index (χ3n) is 2.05. The van der Waals surface area contributed by atoms with Gasteiger partial charge in [0, 0.05) is 30.5 Å². The first-order valence-corrected chi connectivity index (χ1v) is 4.75. The Hall–Kier alpha value is -1.62. The third kappa shape index (κ3) is 3.55. The number of hydrogen-bond donors (Lipinski definition) is 2. The Balaban J connectivity index is 2.60. The van der Waals surface area contributed by atoms with E-state index in [1.54, 1.807) is 12.1 Å². The molecule has 2 N–H and O–H groups in total. The number of anilines is 1. The molecule has 0 aromatic heterocycles. The molecule has 1 aromatic rings. The summed E-state index contributed by atoms with van der Waals surface area (Å²) in [5.74, 6) is 0. The molecule has 0 saturated heterocycles. The Morgan fingerprint density at radius 3 is 2.53 bits per heavy atom. The predicted molar refractivity (Wildman–Crippen MR) is 57.9 cm³/mol. The van der Waals surface area contributed by atoms with E-state index < -0.39 is 4.92 Å². The monoisotopic (exact) mass is 210 g/mol. The molecule has 0 aliphatic rings. The molecule has 0 radical (unpaired) electrons. The van der Waals surface area contributed by atoms with Gasteiger partial charge in [-0.05, 0) is 25.5 Å². The SMILES string of the molecule is CC(CCO)Nc1ccc([N+](=O)[O-])cc1. The highest BCUT2D eigenvalue weighted by Crippen LogP contribution is 2.16. The smallest absolute Gasteiger partial charge is 0.269 e. The quantitative estimate of drug-likeness (QED) is 0.573. The molecule has 0 aliphatic heterocycles. The van der Waals surface area contributed by atoms with Gasteiger partial charge in [-0.3, -0.25) is 10.1 Å². The molecule has 5 heteroatoms. The van der Waals surface area contributed by atoms with Crippen LogP contribution in [-0.2, 0) is 0 Å². The number of nitro groups is 1. The average molecular weight is 210 g/mol. The van der Waals surface area contributed by atoms with Gasteiger partial charge in [-0.2, -0.15) is 0 Å². The molecular formula is C10H14N2O3. The summed E-state index contributed by atoms with van der Waals surface area (Å²) in [7, 11) is 0. The van der Waals surface area contributed by atoms with Crippen LogP contribution in [0.3, 0.4) is 0 Å². The number of benzene rings is 1. The van der Waals surface area contributed by atoms with Gasteiger partial charge in [0.1, 0.15) is 0 Å². The molecule has 1 unspecified atom stereocenters. The van der Waals surface area contributed by atoms with Crippen molar-refractivity contribution < 1.29 is 10.0 Å². The summed E-state index contributed by atoms with van der Waals surface area (Å²) >= 11 is 0. The summed E-state index contributed by atoms with van der Waals surface area (Å²) in [5.41, 5.74) is 0.900. The van der Waals surface area contributed by atoms with Crippen LogP contribution in [0.2, 0.25) is 0 Å². The van der Waals surface area contributed by atoms with Crippen LogP contribution in [0.1, 0.15) is 13.3 Å². The van der Waals surface area contributed by atoms with Crippen molar-refractivity contribution in [3.63, 3.8) is 0 Å². The maximum absolute atomic E-state index is 10.4. The molecule has 15 heavy (non-hydrogen) atoms. The average Bonchev–Trinajstić information content (AvgIpc) is 2.18. The Bertz CT molecular complexity index is 324. The molecule has 0 heterocycles. The summed E-state index contributed by atoms with van der Waals surface area (Å²) in [6, 6.07) is 6.37. The lowest BCUT2D eigenvalue weighted by Crippen LogP contribution is -2.16. The molecular weight excluding hydrogens is 196 g/mol. The number of non-ortho nitro benzene ring substituents is 1. The second-order valence-corrected chi connectivity index (χ2v) is 3.36. The second-order valence-electron chi connectivity index (χ2n) is 3.36. The van der Waals surface area contributed by atoms with Gasteiger partial charge in [-0.15, -0.1) is 0 Å². The van der Waals surface area contributed by atoms with Crippen LogP contribution in [0.25, 0.3) is 0 Å². The molecule has 0 fully saturated rings. The fourth-order valence-electron chi connectivity index (χ4n) is 1.23. The van der Waals surface area contributed by atoms with Gasteiger partial charge < -0.3 is 10.4 Å². The van der Waals surface area contributed by atoms with Crippen LogP contribution in [-0.4, -0.2) is 22.7 Å². The lowest BCUT2D eigenvalue weighted by molar-refractivity contribution is -0.384. The van der Waals surface area contributed by atoms with Crippen LogP contribution in [0.4, 0.5) is 11.4 Å². The number of nitro benzene ring substituents is 1. The molecule has 82 valence electrons. The zero-order valence-electron chi connectivity index (χ0n) is 8.51. The Labute approximate surface area is 87.9 Å². The van der Waals surface area contributed by atoms with Crippen LogP contribution >= 0.6 is 0 Å². The minimum atomic E-state index is -0.430. The van der Waals surface area contributed by atoms with Crippen LogP contribution in [0, 0.1) is 10.1 Å². The number of nitrogens with one attached hydrogen (secondary N) is 1. The topological polar surface area (TPSA) is 75.4 Å². The molecule has 5 nitrogen and oxygen atoms in total. The van der Waals surface area contributed by atoms with Gasteiger partial charge in [-0.1, -0.05) is 0 Å². The Kier molecular flexibility index (Phi) is 4.05. The van der Waals surface area contributed by atoms with Crippen molar-refractivity contribution in [2.45, 2.75) is 19.4 Å². The number of nitrogens with zero attached hydrogens (tertiary/aromatic N) is 1. The van der Waals surface area contributed by atoms with E-state index in [2.05, 4.69) is 5.32 Å². The van der Waals surface area contributed by atoms with Gasteiger partial charge >= 0.3 is 0 Å². The summed E-state index contributed by atoms with van der Waals surface area (Å²) in [5, 5.41) is 22.2. The van der Waals surface area contributed by atoms with Gasteiger partial charge in [-0.25, -0.2) is 0 Å². The molecule has 0 saturated carbocycles. The van der Waals surface area contributed by atoms with Crippen molar-refractivity contribution in [1.29, 1.82) is 0 Å². The molecule has 1 aromatic carbocycles. The van der Waals surface area contributed by atoms with E-state index in [-0.39, 0.29) is 18.3 Å². The first kappa shape index (κ1) is 11.5. The zero-order valence-corrected chi connectivity index (χ0v) is 8.51. The fraction of sp³-hybridized carbons (Fsp3) is 0.400. The highest BCUT2D eigenvalue weighted by molar-refractivity contribution is 5.48. The summed E-state index contributed by atoms with van der Waals surface area (Å²) < 4.78 is 0. The summed E-state index contributed by atoms with van der Waals surface area (Å²) in [6.45, 7) is 2.07. The second kappa shape index (κ2) is 5.31. The summed E-state index contributed by atoms with van der Waals surface area (Å²) in [4.78, 5) is 9.96. The van der Waals surface area contributed by atoms with E-state index in [0.717, 1.165) is 5.69 Å². The fourth-order valence-corrected chi connectivity index (χ4v) is 1.23. The van der Waals surface area contributed by atoms with E-state index in [4.69, 9.17) is 5.11 Å².